The van der Waals surface area contributed by atoms with Crippen LogP contribution in [0.1, 0.15) is 85.8 Å². The highest BCUT2D eigenvalue weighted by molar-refractivity contribution is 7.90. The van der Waals surface area contributed by atoms with E-state index in [-0.39, 0.29) is 46.7 Å². The largest absolute Gasteiger partial charge is 0.481 e. The van der Waals surface area contributed by atoms with Gasteiger partial charge in [0.15, 0.2) is 0 Å². The number of amides is 1. The van der Waals surface area contributed by atoms with Crippen molar-refractivity contribution in [3.63, 3.8) is 0 Å². The van der Waals surface area contributed by atoms with Gasteiger partial charge in [-0.15, -0.1) is 0 Å². The summed E-state index contributed by atoms with van der Waals surface area (Å²) >= 11 is 5.49. The van der Waals surface area contributed by atoms with E-state index in [2.05, 4.69) is 14.7 Å². The Hall–Kier alpha value is -6.15. The number of hydrogen-bond donors (Lipinski definition) is 2. The highest BCUT2D eigenvalue weighted by Gasteiger charge is 2.22. The lowest BCUT2D eigenvalue weighted by Gasteiger charge is -2.18. The average molecular weight is 1060 g/mol. The predicted molar refractivity (Wildman–Crippen MR) is 282 cm³/mol. The molecule has 0 saturated heterocycles. The minimum atomic E-state index is -4.01. The Morgan fingerprint density at radius 3 is 1.38 bits per heavy atom. The van der Waals surface area contributed by atoms with Crippen molar-refractivity contribution in [2.75, 3.05) is 42.4 Å². The Bertz CT molecular complexity index is 3050. The first-order valence-corrected chi connectivity index (χ1v) is 26.6. The molecule has 0 fully saturated rings. The van der Waals surface area contributed by atoms with E-state index in [1.165, 1.54) is 62.8 Å². The van der Waals surface area contributed by atoms with Gasteiger partial charge in [0.05, 0.1) is 24.0 Å². The summed E-state index contributed by atoms with van der Waals surface area (Å²) < 4.78 is 88.5. The summed E-state index contributed by atoms with van der Waals surface area (Å²) in [7, 11) is 3.21. The number of carbonyl (C=O) groups excluding carboxylic acids is 2. The minimum absolute atomic E-state index is 0.00865. The summed E-state index contributed by atoms with van der Waals surface area (Å²) in [5.74, 6) is -0.367. The number of nitrogens with two attached hydrogens (primary N) is 1. The van der Waals surface area contributed by atoms with Crippen LogP contribution in [0.5, 0.6) is 11.8 Å². The van der Waals surface area contributed by atoms with Crippen molar-refractivity contribution >= 4 is 42.8 Å². The molecular formula is C54H65ClF2N6O8S2. The maximum atomic E-state index is 14.5. The van der Waals surface area contributed by atoms with Crippen molar-refractivity contribution in [3.05, 3.63) is 154 Å². The van der Waals surface area contributed by atoms with Crippen LogP contribution in [0.2, 0.25) is 0 Å². The topological polar surface area (TPSA) is 191 Å². The van der Waals surface area contributed by atoms with E-state index in [0.717, 1.165) is 51.1 Å². The molecule has 0 unspecified atom stereocenters. The summed E-state index contributed by atoms with van der Waals surface area (Å²) in [5.41, 5.74) is 8.23. The first kappa shape index (κ1) is 59.4. The molecule has 2 aromatic heterocycles. The van der Waals surface area contributed by atoms with Gasteiger partial charge in [0, 0.05) is 50.5 Å². The minimum Gasteiger partial charge on any atom is -0.481 e. The van der Waals surface area contributed by atoms with Crippen LogP contribution in [0.4, 0.5) is 8.78 Å². The van der Waals surface area contributed by atoms with Gasteiger partial charge in [-0.25, -0.2) is 45.4 Å². The predicted octanol–water partition coefficient (Wildman–Crippen LogP) is 9.63. The second kappa shape index (κ2) is 27.2. The van der Waals surface area contributed by atoms with Gasteiger partial charge in [-0.2, -0.15) is 0 Å². The number of pyridine rings is 2. The highest BCUT2D eigenvalue weighted by atomic mass is 35.5. The quantitative estimate of drug-likeness (QED) is 0.0732. The van der Waals surface area contributed by atoms with Crippen LogP contribution in [-0.4, -0.2) is 90.2 Å². The number of carbonyl (C=O) groups is 2. The van der Waals surface area contributed by atoms with E-state index >= 15 is 0 Å². The Balaban J connectivity index is 0.000000265. The normalized spacial score (nSPS) is 11.5. The molecule has 19 heteroatoms. The van der Waals surface area contributed by atoms with Gasteiger partial charge in [0.25, 0.3) is 10.0 Å². The molecule has 1 amide bonds. The van der Waals surface area contributed by atoms with Crippen LogP contribution in [0.25, 0.3) is 22.3 Å². The van der Waals surface area contributed by atoms with Crippen LogP contribution >= 0.6 is 11.6 Å². The number of nitrogens with zero attached hydrogens (tertiary/aromatic N) is 4. The summed E-state index contributed by atoms with van der Waals surface area (Å²) in [6, 6.07) is 25.9. The van der Waals surface area contributed by atoms with Crippen molar-refractivity contribution in [1.29, 1.82) is 0 Å². The first-order valence-electron chi connectivity index (χ1n) is 23.2. The number of aromatic nitrogens is 2. The van der Waals surface area contributed by atoms with Crippen molar-refractivity contribution in [3.8, 4) is 34.0 Å². The Labute approximate surface area is 434 Å². The van der Waals surface area contributed by atoms with Crippen LogP contribution in [0.3, 0.4) is 0 Å². The monoisotopic (exact) mass is 1060 g/mol. The molecule has 0 aliphatic rings. The second-order valence-corrected chi connectivity index (χ2v) is 21.9. The molecule has 0 radical (unpaired) electrons. The molecular weight excluding hydrogens is 998 g/mol. The maximum Gasteiger partial charge on any atom is 0.264 e. The van der Waals surface area contributed by atoms with E-state index in [1.807, 2.05) is 65.7 Å². The lowest BCUT2D eigenvalue weighted by molar-refractivity contribution is -0.119. The molecule has 0 atom stereocenters. The number of methoxy groups -OCH3 is 2. The number of hydrogen-bond acceptors (Lipinski definition) is 12. The number of nitrogens with one attached hydrogen (secondary N) is 1. The Morgan fingerprint density at radius 2 is 1.03 bits per heavy atom. The number of sulfonamides is 2. The standard InChI is InChI=1S/C27H32FN3O4S.C18H19ClFNO2.C9H14N2O2S/c1-18(2)24-15-21(28)16-25(20-12-13-29-27(14-20)35-5)23(24)10-11-26(32)30-36(33,34)22-8-6-19(7-9-22)17-31(3)4;1-11(2)15-9-13(20)10-16(14(15)4-5-17(19)22)12-6-7-21-18(8-12)23-3;1-11(2)7-8-3-5-9(6-4-8)14(10,12)13/h6-9,12-16,18H,10-11,17H2,1-5H3,(H,30,32);6-11H,4-5H2,1-3H3;3-6H,7H2,1-2H3,(H2,10,12,13). The maximum absolute atomic E-state index is 14.5. The van der Waals surface area contributed by atoms with Gasteiger partial charge in [-0.05, 0) is 181 Å². The fraction of sp³-hybridized carbons (Fsp3) is 0.333. The zero-order valence-electron chi connectivity index (χ0n) is 42.9. The van der Waals surface area contributed by atoms with Gasteiger partial charge in [-0.1, -0.05) is 52.0 Å². The van der Waals surface area contributed by atoms with Gasteiger partial charge in [-0.3, -0.25) is 9.59 Å². The molecule has 6 aromatic rings. The number of halogens is 3. The van der Waals surface area contributed by atoms with Gasteiger partial charge >= 0.3 is 0 Å². The Kier molecular flexibility index (Phi) is 22.2. The van der Waals surface area contributed by atoms with Crippen molar-refractivity contribution in [1.82, 2.24) is 24.5 Å². The van der Waals surface area contributed by atoms with E-state index < -0.39 is 37.0 Å². The molecule has 0 spiro atoms. The number of rotatable bonds is 19. The summed E-state index contributed by atoms with van der Waals surface area (Å²) in [5, 5.41) is 4.57. The lowest BCUT2D eigenvalue weighted by atomic mass is 9.87. The van der Waals surface area contributed by atoms with Crippen molar-refractivity contribution < 1.29 is 44.7 Å². The number of primary sulfonamides is 1. The summed E-state index contributed by atoms with van der Waals surface area (Å²) in [4.78, 5) is 36.2. The van der Waals surface area contributed by atoms with Crippen LogP contribution < -0.4 is 19.3 Å². The molecule has 4 aromatic carbocycles. The van der Waals surface area contributed by atoms with E-state index in [9.17, 15) is 35.2 Å². The average Bonchev–Trinajstić information content (AvgIpc) is 3.32. The van der Waals surface area contributed by atoms with Crippen molar-refractivity contribution in [2.24, 2.45) is 5.14 Å². The zero-order valence-corrected chi connectivity index (χ0v) is 45.3. The number of benzene rings is 4. The summed E-state index contributed by atoms with van der Waals surface area (Å²) in [6.07, 6.45) is 4.01. The third-order valence-electron chi connectivity index (χ3n) is 11.2. The SMILES string of the molecule is CN(C)Cc1ccc(S(N)(=O)=O)cc1.COc1cc(-c2cc(F)cc(C(C)C)c2CCC(=O)Cl)ccn1.COc1cc(-c2cc(F)cc(C(C)C)c2CCC(=O)NS(=O)(=O)c2ccc(CN(C)C)cc2)ccn1. The third-order valence-corrected chi connectivity index (χ3v) is 13.7. The lowest BCUT2D eigenvalue weighted by Crippen LogP contribution is -2.30. The molecule has 0 aliphatic heterocycles. The first-order chi connectivity index (χ1) is 34.3. The van der Waals surface area contributed by atoms with Gasteiger partial charge < -0.3 is 19.3 Å². The summed E-state index contributed by atoms with van der Waals surface area (Å²) in [6.45, 7) is 9.34. The molecule has 2 heterocycles. The van der Waals surface area contributed by atoms with Crippen LogP contribution in [0, 0.1) is 11.6 Å². The second-order valence-electron chi connectivity index (χ2n) is 18.2. The van der Waals surface area contributed by atoms with Gasteiger partial charge in [0.1, 0.15) is 11.6 Å². The molecule has 3 N–H and O–H groups in total. The van der Waals surface area contributed by atoms with Crippen molar-refractivity contribution in [2.45, 2.75) is 88.1 Å². The highest BCUT2D eigenvalue weighted by Crippen LogP contribution is 2.35. The van der Waals surface area contributed by atoms with Gasteiger partial charge in [0.2, 0.25) is 32.9 Å². The smallest absolute Gasteiger partial charge is 0.264 e. The molecule has 6 rings (SSSR count). The molecule has 0 aliphatic carbocycles. The fourth-order valence-corrected chi connectivity index (χ4v) is 9.43. The van der Waals surface area contributed by atoms with Crippen LogP contribution in [0.15, 0.2) is 119 Å². The van der Waals surface area contributed by atoms with E-state index in [4.69, 9.17) is 26.2 Å². The van der Waals surface area contributed by atoms with Crippen LogP contribution in [-0.2, 0) is 55.6 Å². The fourth-order valence-electron chi connectivity index (χ4n) is 7.81. The molecule has 392 valence electrons. The van der Waals surface area contributed by atoms with E-state index in [0.29, 0.717) is 35.9 Å². The van der Waals surface area contributed by atoms with E-state index in [1.54, 1.807) is 60.9 Å². The molecule has 0 saturated carbocycles. The molecule has 73 heavy (non-hydrogen) atoms. The molecule has 0 bridgehead atoms. The zero-order chi connectivity index (χ0) is 54.2. The number of ether oxygens (including phenoxy) is 2. The third kappa shape index (κ3) is 18.4. The Morgan fingerprint density at radius 1 is 0.630 bits per heavy atom. The molecule has 14 nitrogen and oxygen atoms in total.